The Morgan fingerprint density at radius 1 is 1.19 bits per heavy atom. The van der Waals surface area contributed by atoms with Gasteiger partial charge >= 0.3 is 5.97 Å². The highest BCUT2D eigenvalue weighted by Crippen LogP contribution is 2.34. The highest BCUT2D eigenvalue weighted by molar-refractivity contribution is 7.28. The fourth-order valence-electron chi connectivity index (χ4n) is 1.69. The van der Waals surface area contributed by atoms with E-state index in [1.54, 1.807) is 34.8 Å². The van der Waals surface area contributed by atoms with E-state index in [2.05, 4.69) is 6.92 Å². The summed E-state index contributed by atoms with van der Waals surface area (Å²) in [5, 5.41) is 0. The van der Waals surface area contributed by atoms with Gasteiger partial charge in [0, 0.05) is 25.2 Å². The van der Waals surface area contributed by atoms with Crippen molar-refractivity contribution in [2.24, 2.45) is 0 Å². The van der Waals surface area contributed by atoms with Crippen molar-refractivity contribution in [3.8, 4) is 0 Å². The van der Waals surface area contributed by atoms with E-state index >= 15 is 0 Å². The van der Waals surface area contributed by atoms with Crippen molar-refractivity contribution in [3.05, 3.63) is 34.0 Å². The Bertz CT molecular complexity index is 645. The molecular formula is C16H16O3S2. The number of thiophene rings is 2. The summed E-state index contributed by atoms with van der Waals surface area (Å²) < 4.78 is 7.38. The van der Waals surface area contributed by atoms with Crippen LogP contribution in [0.2, 0.25) is 0 Å². The fourth-order valence-corrected chi connectivity index (χ4v) is 3.92. The Balaban J connectivity index is 1.99. The standard InChI is InChI=1S/C16H16O3S2/c1-2-3-9-19-16(18)7-6-13-11-15-14(21-13)10-12(20-15)5-4-8-17/h4-8,10-11H,2-3,9H2,1H3/b5-4+,7-6+. The Morgan fingerprint density at radius 3 is 2.48 bits per heavy atom. The minimum absolute atomic E-state index is 0.296. The lowest BCUT2D eigenvalue weighted by Crippen LogP contribution is -2.01. The van der Waals surface area contributed by atoms with Crippen molar-refractivity contribution >= 4 is 56.5 Å². The van der Waals surface area contributed by atoms with Gasteiger partial charge in [0.2, 0.25) is 0 Å². The molecule has 0 aromatic carbocycles. The van der Waals surface area contributed by atoms with Crippen LogP contribution in [0.5, 0.6) is 0 Å². The number of ether oxygens (including phenoxy) is 1. The van der Waals surface area contributed by atoms with E-state index in [0.717, 1.165) is 38.3 Å². The lowest BCUT2D eigenvalue weighted by Gasteiger charge is -1.98. The zero-order chi connectivity index (χ0) is 15.1. The van der Waals surface area contributed by atoms with Gasteiger partial charge in [-0.15, -0.1) is 22.7 Å². The third-order valence-electron chi connectivity index (χ3n) is 2.71. The van der Waals surface area contributed by atoms with Gasteiger partial charge in [-0.2, -0.15) is 0 Å². The normalized spacial score (nSPS) is 11.7. The molecule has 3 nitrogen and oxygen atoms in total. The number of aldehydes is 1. The number of fused-ring (bicyclic) bond motifs is 1. The van der Waals surface area contributed by atoms with Gasteiger partial charge < -0.3 is 4.74 Å². The summed E-state index contributed by atoms with van der Waals surface area (Å²) in [7, 11) is 0. The van der Waals surface area contributed by atoms with E-state index in [1.165, 1.54) is 12.2 Å². The zero-order valence-electron chi connectivity index (χ0n) is 11.7. The average Bonchev–Trinajstić information content (AvgIpc) is 3.01. The molecule has 0 fully saturated rings. The first-order chi connectivity index (χ1) is 10.2. The Morgan fingerprint density at radius 2 is 1.86 bits per heavy atom. The molecule has 5 heteroatoms. The third kappa shape index (κ3) is 4.65. The first kappa shape index (κ1) is 15.7. The molecule has 2 heterocycles. The molecule has 0 N–H and O–H groups in total. The molecular weight excluding hydrogens is 304 g/mol. The van der Waals surface area contributed by atoms with Crippen LogP contribution in [-0.4, -0.2) is 18.9 Å². The molecule has 2 aromatic rings. The first-order valence-electron chi connectivity index (χ1n) is 6.73. The minimum atomic E-state index is -0.296. The second kappa shape index (κ2) is 7.90. The minimum Gasteiger partial charge on any atom is -0.463 e. The summed E-state index contributed by atoms with van der Waals surface area (Å²) in [4.78, 5) is 23.8. The van der Waals surface area contributed by atoms with Crippen molar-refractivity contribution in [3.63, 3.8) is 0 Å². The average molecular weight is 320 g/mol. The molecule has 110 valence electrons. The van der Waals surface area contributed by atoms with E-state index in [1.807, 2.05) is 12.1 Å². The van der Waals surface area contributed by atoms with Crippen LogP contribution >= 0.6 is 22.7 Å². The largest absolute Gasteiger partial charge is 0.463 e. The van der Waals surface area contributed by atoms with E-state index in [4.69, 9.17) is 4.74 Å². The van der Waals surface area contributed by atoms with Crippen LogP contribution in [0, 0.1) is 0 Å². The maximum absolute atomic E-state index is 11.5. The first-order valence-corrected chi connectivity index (χ1v) is 8.36. The van der Waals surface area contributed by atoms with Gasteiger partial charge in [0.25, 0.3) is 0 Å². The molecule has 0 radical (unpaired) electrons. The molecule has 0 aliphatic carbocycles. The van der Waals surface area contributed by atoms with Crippen LogP contribution in [0.4, 0.5) is 0 Å². The van der Waals surface area contributed by atoms with Crippen molar-refractivity contribution < 1.29 is 14.3 Å². The van der Waals surface area contributed by atoms with E-state index < -0.39 is 0 Å². The molecule has 0 atom stereocenters. The van der Waals surface area contributed by atoms with Crippen LogP contribution in [0.3, 0.4) is 0 Å². The number of esters is 1. The van der Waals surface area contributed by atoms with Gasteiger partial charge in [-0.05, 0) is 36.8 Å². The SMILES string of the molecule is CCCCOC(=O)/C=C/c1cc2sc(/C=C/C=O)cc2s1. The van der Waals surface area contributed by atoms with E-state index in [0.29, 0.717) is 6.61 Å². The summed E-state index contributed by atoms with van der Waals surface area (Å²) in [6.45, 7) is 2.53. The number of carbonyl (C=O) groups excluding carboxylic acids is 2. The summed E-state index contributed by atoms with van der Waals surface area (Å²) in [6.07, 6.45) is 9.22. The number of rotatable bonds is 7. The second-order valence-corrected chi connectivity index (χ2v) is 6.61. The lowest BCUT2D eigenvalue weighted by molar-refractivity contribution is -0.137. The fraction of sp³-hybridized carbons (Fsp3) is 0.250. The topological polar surface area (TPSA) is 43.4 Å². The molecule has 2 aromatic heterocycles. The zero-order valence-corrected chi connectivity index (χ0v) is 13.3. The third-order valence-corrected chi connectivity index (χ3v) is 4.93. The van der Waals surface area contributed by atoms with Gasteiger partial charge in [0.15, 0.2) is 0 Å². The van der Waals surface area contributed by atoms with Crippen molar-refractivity contribution in [2.45, 2.75) is 19.8 Å². The van der Waals surface area contributed by atoms with Crippen molar-refractivity contribution in [2.75, 3.05) is 6.61 Å². The molecule has 0 saturated heterocycles. The van der Waals surface area contributed by atoms with Crippen molar-refractivity contribution in [1.29, 1.82) is 0 Å². The van der Waals surface area contributed by atoms with E-state index in [-0.39, 0.29) is 5.97 Å². The highest BCUT2D eigenvalue weighted by Gasteiger charge is 2.04. The van der Waals surface area contributed by atoms with Crippen LogP contribution in [0.15, 0.2) is 24.3 Å². The molecule has 0 aliphatic heterocycles. The smallest absolute Gasteiger partial charge is 0.330 e. The maximum Gasteiger partial charge on any atom is 0.330 e. The highest BCUT2D eigenvalue weighted by atomic mass is 32.1. The van der Waals surface area contributed by atoms with E-state index in [9.17, 15) is 9.59 Å². The van der Waals surface area contributed by atoms with Gasteiger partial charge in [-0.1, -0.05) is 13.3 Å². The molecule has 0 aliphatic rings. The number of allylic oxidation sites excluding steroid dienone is 1. The number of unbranched alkanes of at least 4 members (excludes halogenated alkanes) is 1. The molecule has 2 rings (SSSR count). The van der Waals surface area contributed by atoms with Crippen LogP contribution in [0.1, 0.15) is 29.5 Å². The number of hydrogen-bond acceptors (Lipinski definition) is 5. The molecule has 0 spiro atoms. The monoisotopic (exact) mass is 320 g/mol. The van der Waals surface area contributed by atoms with Crippen LogP contribution in [-0.2, 0) is 14.3 Å². The van der Waals surface area contributed by atoms with Gasteiger partial charge in [-0.25, -0.2) is 4.79 Å². The van der Waals surface area contributed by atoms with Crippen LogP contribution < -0.4 is 0 Å². The quantitative estimate of drug-likeness (QED) is 0.326. The van der Waals surface area contributed by atoms with Crippen LogP contribution in [0.25, 0.3) is 21.6 Å². The Labute approximate surface area is 131 Å². The molecule has 0 amide bonds. The molecule has 21 heavy (non-hydrogen) atoms. The summed E-state index contributed by atoms with van der Waals surface area (Å²) in [6, 6.07) is 4.08. The van der Waals surface area contributed by atoms with Crippen molar-refractivity contribution in [1.82, 2.24) is 0 Å². The molecule has 0 saturated carbocycles. The van der Waals surface area contributed by atoms with Gasteiger partial charge in [-0.3, -0.25) is 4.79 Å². The Hall–Kier alpha value is -1.72. The Kier molecular flexibility index (Phi) is 5.90. The maximum atomic E-state index is 11.5. The predicted molar refractivity (Wildman–Crippen MR) is 89.7 cm³/mol. The predicted octanol–water partition coefficient (Wildman–Crippen LogP) is 4.53. The lowest BCUT2D eigenvalue weighted by atomic mass is 10.3. The molecule has 0 bridgehead atoms. The summed E-state index contributed by atoms with van der Waals surface area (Å²) >= 11 is 3.24. The second-order valence-electron chi connectivity index (χ2n) is 4.38. The van der Waals surface area contributed by atoms with Gasteiger partial charge in [0.05, 0.1) is 6.61 Å². The summed E-state index contributed by atoms with van der Waals surface area (Å²) in [5.74, 6) is -0.296. The summed E-state index contributed by atoms with van der Waals surface area (Å²) in [5.41, 5.74) is 0. The van der Waals surface area contributed by atoms with Gasteiger partial charge in [0.1, 0.15) is 6.29 Å². The molecule has 0 unspecified atom stereocenters. The number of carbonyl (C=O) groups is 2. The number of hydrogen-bond donors (Lipinski definition) is 0.